The predicted octanol–water partition coefficient (Wildman–Crippen LogP) is 1.12. The van der Waals surface area contributed by atoms with E-state index in [0.717, 1.165) is 6.42 Å². The van der Waals surface area contributed by atoms with E-state index in [1.165, 1.54) is 0 Å². The smallest absolute Gasteiger partial charge is 0.224 e. The standard InChI is InChI=1S/C7H15NO/c1-5-6(2)7(9)8(3)4/h6H,5H2,1-4H3/t6-/m0/s1. The van der Waals surface area contributed by atoms with E-state index in [9.17, 15) is 4.79 Å². The molecule has 0 unspecified atom stereocenters. The first-order valence-corrected chi connectivity index (χ1v) is 3.30. The van der Waals surface area contributed by atoms with E-state index in [-0.39, 0.29) is 11.8 Å². The molecule has 0 heterocycles. The zero-order chi connectivity index (χ0) is 7.44. The van der Waals surface area contributed by atoms with E-state index in [2.05, 4.69) is 0 Å². The number of carbonyl (C=O) groups excluding carboxylic acids is 1. The van der Waals surface area contributed by atoms with E-state index in [4.69, 9.17) is 0 Å². The third kappa shape index (κ3) is 2.49. The molecule has 9 heavy (non-hydrogen) atoms. The van der Waals surface area contributed by atoms with Crippen LogP contribution in [0.1, 0.15) is 20.3 Å². The van der Waals surface area contributed by atoms with Gasteiger partial charge in [-0.3, -0.25) is 4.79 Å². The van der Waals surface area contributed by atoms with Gasteiger partial charge in [0.15, 0.2) is 0 Å². The van der Waals surface area contributed by atoms with Gasteiger partial charge < -0.3 is 4.90 Å². The van der Waals surface area contributed by atoms with Crippen LogP contribution in [0.4, 0.5) is 0 Å². The van der Waals surface area contributed by atoms with Crippen molar-refractivity contribution in [3.05, 3.63) is 0 Å². The summed E-state index contributed by atoms with van der Waals surface area (Å²) in [5.74, 6) is 0.400. The lowest BCUT2D eigenvalue weighted by Crippen LogP contribution is -2.27. The maximum absolute atomic E-state index is 11.0. The van der Waals surface area contributed by atoms with Crippen LogP contribution in [0, 0.1) is 5.92 Å². The molecule has 2 nitrogen and oxygen atoms in total. The van der Waals surface area contributed by atoms with Crippen molar-refractivity contribution < 1.29 is 4.79 Å². The van der Waals surface area contributed by atoms with E-state index >= 15 is 0 Å². The lowest BCUT2D eigenvalue weighted by molar-refractivity contribution is -0.132. The Balaban J connectivity index is 3.73. The largest absolute Gasteiger partial charge is 0.349 e. The molecule has 0 aliphatic rings. The van der Waals surface area contributed by atoms with E-state index in [1.54, 1.807) is 19.0 Å². The molecule has 0 N–H and O–H groups in total. The first-order chi connectivity index (χ1) is 4.09. The highest BCUT2D eigenvalue weighted by atomic mass is 16.2. The Labute approximate surface area is 56.9 Å². The normalized spacial score (nSPS) is 12.9. The quantitative estimate of drug-likeness (QED) is 0.547. The lowest BCUT2D eigenvalue weighted by atomic mass is 10.1. The Morgan fingerprint density at radius 1 is 1.56 bits per heavy atom. The lowest BCUT2D eigenvalue weighted by Gasteiger charge is -2.14. The van der Waals surface area contributed by atoms with Gasteiger partial charge in [-0.15, -0.1) is 0 Å². The highest BCUT2D eigenvalue weighted by molar-refractivity contribution is 5.77. The molecule has 0 bridgehead atoms. The first-order valence-electron chi connectivity index (χ1n) is 3.30. The maximum Gasteiger partial charge on any atom is 0.224 e. The molecule has 0 saturated carbocycles. The molecule has 0 aliphatic carbocycles. The van der Waals surface area contributed by atoms with Crippen molar-refractivity contribution in [2.75, 3.05) is 14.1 Å². The molecule has 0 aromatic carbocycles. The third-order valence-corrected chi connectivity index (χ3v) is 1.47. The van der Waals surface area contributed by atoms with Crippen LogP contribution in [-0.4, -0.2) is 24.9 Å². The summed E-state index contributed by atoms with van der Waals surface area (Å²) in [6.45, 7) is 3.97. The van der Waals surface area contributed by atoms with Crippen molar-refractivity contribution in [3.63, 3.8) is 0 Å². The van der Waals surface area contributed by atoms with Crippen molar-refractivity contribution in [1.29, 1.82) is 0 Å². The summed E-state index contributed by atoms with van der Waals surface area (Å²) < 4.78 is 0. The van der Waals surface area contributed by atoms with Crippen molar-refractivity contribution in [3.8, 4) is 0 Å². The summed E-state index contributed by atoms with van der Waals surface area (Å²) in [6, 6.07) is 0. The average Bonchev–Trinajstić information content (AvgIpc) is 1.84. The zero-order valence-electron chi connectivity index (χ0n) is 6.64. The fourth-order valence-electron chi connectivity index (χ4n) is 0.615. The van der Waals surface area contributed by atoms with Gasteiger partial charge in [0.1, 0.15) is 0 Å². The monoisotopic (exact) mass is 129 g/mol. The van der Waals surface area contributed by atoms with E-state index in [0.29, 0.717) is 0 Å². The molecule has 0 rings (SSSR count). The Hall–Kier alpha value is -0.530. The summed E-state index contributed by atoms with van der Waals surface area (Å²) in [6.07, 6.45) is 0.928. The second-order valence-corrected chi connectivity index (χ2v) is 2.54. The van der Waals surface area contributed by atoms with Crippen LogP contribution in [0.15, 0.2) is 0 Å². The van der Waals surface area contributed by atoms with Gasteiger partial charge in [-0.2, -0.15) is 0 Å². The van der Waals surface area contributed by atoms with Gasteiger partial charge in [-0.25, -0.2) is 0 Å². The topological polar surface area (TPSA) is 20.3 Å². The summed E-state index contributed by atoms with van der Waals surface area (Å²) >= 11 is 0. The number of amides is 1. The Morgan fingerprint density at radius 3 is 2.11 bits per heavy atom. The Morgan fingerprint density at radius 2 is 2.00 bits per heavy atom. The molecule has 2 heteroatoms. The minimum absolute atomic E-state index is 0.181. The molecule has 54 valence electrons. The minimum atomic E-state index is 0.181. The highest BCUT2D eigenvalue weighted by Crippen LogP contribution is 2.02. The zero-order valence-corrected chi connectivity index (χ0v) is 6.64. The van der Waals surface area contributed by atoms with Crippen LogP contribution in [0.2, 0.25) is 0 Å². The molecular formula is C7H15NO. The van der Waals surface area contributed by atoms with Gasteiger partial charge in [0.2, 0.25) is 5.91 Å². The average molecular weight is 129 g/mol. The van der Waals surface area contributed by atoms with E-state index in [1.807, 2.05) is 13.8 Å². The van der Waals surface area contributed by atoms with Crippen LogP contribution in [-0.2, 0) is 4.79 Å². The van der Waals surface area contributed by atoms with Crippen LogP contribution in [0.3, 0.4) is 0 Å². The van der Waals surface area contributed by atoms with Crippen molar-refractivity contribution in [1.82, 2.24) is 4.90 Å². The minimum Gasteiger partial charge on any atom is -0.349 e. The number of carbonyl (C=O) groups is 1. The number of hydrogen-bond donors (Lipinski definition) is 0. The van der Waals surface area contributed by atoms with Gasteiger partial charge in [-0.05, 0) is 6.42 Å². The first kappa shape index (κ1) is 8.47. The molecule has 0 spiro atoms. The fourth-order valence-corrected chi connectivity index (χ4v) is 0.615. The molecule has 1 amide bonds. The SMILES string of the molecule is CC[C@H](C)C(=O)N(C)C. The van der Waals surface area contributed by atoms with Gasteiger partial charge in [0.25, 0.3) is 0 Å². The second-order valence-electron chi connectivity index (χ2n) is 2.54. The van der Waals surface area contributed by atoms with Gasteiger partial charge in [-0.1, -0.05) is 13.8 Å². The highest BCUT2D eigenvalue weighted by Gasteiger charge is 2.10. The Kier molecular flexibility index (Phi) is 3.28. The van der Waals surface area contributed by atoms with Crippen LogP contribution >= 0.6 is 0 Å². The number of hydrogen-bond acceptors (Lipinski definition) is 1. The molecular weight excluding hydrogens is 114 g/mol. The van der Waals surface area contributed by atoms with E-state index < -0.39 is 0 Å². The van der Waals surface area contributed by atoms with Crippen LogP contribution in [0.25, 0.3) is 0 Å². The summed E-state index contributed by atoms with van der Waals surface area (Å²) in [5.41, 5.74) is 0. The van der Waals surface area contributed by atoms with Gasteiger partial charge in [0, 0.05) is 20.0 Å². The fraction of sp³-hybridized carbons (Fsp3) is 0.857. The molecule has 0 fully saturated rings. The summed E-state index contributed by atoms with van der Waals surface area (Å²) in [4.78, 5) is 12.6. The number of rotatable bonds is 2. The van der Waals surface area contributed by atoms with Crippen molar-refractivity contribution in [2.24, 2.45) is 5.92 Å². The molecule has 0 aromatic rings. The van der Waals surface area contributed by atoms with Crippen LogP contribution < -0.4 is 0 Å². The second kappa shape index (κ2) is 3.49. The molecule has 0 saturated heterocycles. The molecule has 0 aliphatic heterocycles. The van der Waals surface area contributed by atoms with Crippen molar-refractivity contribution >= 4 is 5.91 Å². The predicted molar refractivity (Wildman–Crippen MR) is 38.1 cm³/mol. The summed E-state index contributed by atoms with van der Waals surface area (Å²) in [5, 5.41) is 0. The van der Waals surface area contributed by atoms with Crippen LogP contribution in [0.5, 0.6) is 0 Å². The van der Waals surface area contributed by atoms with Gasteiger partial charge >= 0.3 is 0 Å². The summed E-state index contributed by atoms with van der Waals surface area (Å²) in [7, 11) is 3.57. The molecule has 0 aromatic heterocycles. The molecule has 1 atom stereocenters. The number of nitrogens with zero attached hydrogens (tertiary/aromatic N) is 1. The third-order valence-electron chi connectivity index (χ3n) is 1.47. The van der Waals surface area contributed by atoms with Crippen molar-refractivity contribution in [2.45, 2.75) is 20.3 Å². The Bertz CT molecular complexity index is 99.1. The molecule has 0 radical (unpaired) electrons. The maximum atomic E-state index is 11.0. The van der Waals surface area contributed by atoms with Gasteiger partial charge in [0.05, 0.1) is 0 Å².